The molecule has 0 fully saturated rings. The SMILES string of the molecule is COc1ccc2c(c1)c(=O)c(C(=O)Nc1ccc([N+](=O)[O-])cc1Cl)cn2C. The van der Waals surface area contributed by atoms with Gasteiger partial charge < -0.3 is 14.6 Å². The number of nitro groups is 1. The van der Waals surface area contributed by atoms with Crippen molar-refractivity contribution in [2.24, 2.45) is 7.05 Å². The Balaban J connectivity index is 2.02. The predicted molar refractivity (Wildman–Crippen MR) is 102 cm³/mol. The molecule has 138 valence electrons. The molecule has 2 aromatic carbocycles. The topological polar surface area (TPSA) is 103 Å². The smallest absolute Gasteiger partial charge is 0.271 e. The van der Waals surface area contributed by atoms with Crippen molar-refractivity contribution >= 4 is 39.8 Å². The van der Waals surface area contributed by atoms with Crippen LogP contribution in [-0.2, 0) is 7.05 Å². The molecule has 0 aliphatic carbocycles. The van der Waals surface area contributed by atoms with Crippen molar-refractivity contribution in [1.29, 1.82) is 0 Å². The van der Waals surface area contributed by atoms with Crippen molar-refractivity contribution in [3.05, 3.63) is 73.5 Å². The number of fused-ring (bicyclic) bond motifs is 1. The first kappa shape index (κ1) is 18.4. The highest BCUT2D eigenvalue weighted by molar-refractivity contribution is 6.34. The number of benzene rings is 2. The van der Waals surface area contributed by atoms with Crippen LogP contribution < -0.4 is 15.5 Å². The fourth-order valence-electron chi connectivity index (χ4n) is 2.67. The number of amides is 1. The molecule has 0 saturated carbocycles. The highest BCUT2D eigenvalue weighted by Gasteiger charge is 2.17. The molecule has 0 radical (unpaired) electrons. The molecule has 1 aromatic heterocycles. The third kappa shape index (κ3) is 3.47. The number of rotatable bonds is 4. The van der Waals surface area contributed by atoms with Gasteiger partial charge in [0, 0.05) is 25.4 Å². The third-order valence-corrected chi connectivity index (χ3v) is 4.36. The van der Waals surface area contributed by atoms with Gasteiger partial charge in [-0.1, -0.05) is 11.6 Å². The van der Waals surface area contributed by atoms with E-state index in [-0.39, 0.29) is 22.0 Å². The van der Waals surface area contributed by atoms with E-state index in [9.17, 15) is 19.7 Å². The maximum Gasteiger partial charge on any atom is 0.271 e. The van der Waals surface area contributed by atoms with E-state index in [1.807, 2.05) is 0 Å². The molecule has 3 aromatic rings. The van der Waals surface area contributed by atoms with Gasteiger partial charge in [0.05, 0.1) is 33.6 Å². The van der Waals surface area contributed by atoms with Gasteiger partial charge in [0.1, 0.15) is 11.3 Å². The fraction of sp³-hybridized carbons (Fsp3) is 0.111. The minimum Gasteiger partial charge on any atom is -0.497 e. The van der Waals surface area contributed by atoms with Crippen molar-refractivity contribution in [3.8, 4) is 5.75 Å². The van der Waals surface area contributed by atoms with E-state index in [1.54, 1.807) is 29.8 Å². The zero-order valence-electron chi connectivity index (χ0n) is 14.4. The lowest BCUT2D eigenvalue weighted by Crippen LogP contribution is -2.23. The van der Waals surface area contributed by atoms with Gasteiger partial charge >= 0.3 is 0 Å². The molecule has 27 heavy (non-hydrogen) atoms. The van der Waals surface area contributed by atoms with Gasteiger partial charge in [-0.15, -0.1) is 0 Å². The van der Waals surface area contributed by atoms with Crippen LogP contribution in [0, 0.1) is 10.1 Å². The lowest BCUT2D eigenvalue weighted by Gasteiger charge is -2.11. The molecule has 1 N–H and O–H groups in total. The second-order valence-electron chi connectivity index (χ2n) is 5.74. The van der Waals surface area contributed by atoms with E-state index < -0.39 is 16.3 Å². The monoisotopic (exact) mass is 387 g/mol. The van der Waals surface area contributed by atoms with Gasteiger partial charge in [-0.05, 0) is 24.3 Å². The number of aryl methyl sites for hydroxylation is 1. The number of carbonyl (C=O) groups excluding carboxylic acids is 1. The van der Waals surface area contributed by atoms with Crippen LogP contribution in [0.2, 0.25) is 5.02 Å². The van der Waals surface area contributed by atoms with Crippen molar-refractivity contribution in [2.75, 3.05) is 12.4 Å². The van der Waals surface area contributed by atoms with E-state index in [0.717, 1.165) is 6.07 Å². The number of methoxy groups -OCH3 is 1. The molecular formula is C18H14ClN3O5. The van der Waals surface area contributed by atoms with Gasteiger partial charge in [-0.25, -0.2) is 0 Å². The Morgan fingerprint density at radius 1 is 1.26 bits per heavy atom. The van der Waals surface area contributed by atoms with Gasteiger partial charge in [0.2, 0.25) is 5.43 Å². The number of aromatic nitrogens is 1. The lowest BCUT2D eigenvalue weighted by atomic mass is 10.1. The predicted octanol–water partition coefficient (Wildman–Crippen LogP) is 3.36. The molecule has 3 rings (SSSR count). The van der Waals surface area contributed by atoms with Gasteiger partial charge in [0.15, 0.2) is 0 Å². The van der Waals surface area contributed by atoms with Crippen LogP contribution in [-0.4, -0.2) is 22.5 Å². The number of nitrogens with one attached hydrogen (secondary N) is 1. The number of hydrogen-bond donors (Lipinski definition) is 1. The number of nitrogens with zero attached hydrogens (tertiary/aromatic N) is 2. The van der Waals surface area contributed by atoms with Crippen LogP contribution in [0.5, 0.6) is 5.75 Å². The number of nitro benzene ring substituents is 1. The quantitative estimate of drug-likeness (QED) is 0.546. The molecule has 0 aliphatic heterocycles. The summed E-state index contributed by atoms with van der Waals surface area (Å²) in [5.41, 5.74) is 0.0581. The van der Waals surface area contributed by atoms with Crippen LogP contribution in [0.25, 0.3) is 10.9 Å². The van der Waals surface area contributed by atoms with Crippen LogP contribution in [0.3, 0.4) is 0 Å². The first-order valence-corrected chi connectivity index (χ1v) is 8.12. The summed E-state index contributed by atoms with van der Waals surface area (Å²) in [5.74, 6) is -0.174. The summed E-state index contributed by atoms with van der Waals surface area (Å²) in [6.45, 7) is 0. The van der Waals surface area contributed by atoms with E-state index in [1.165, 1.54) is 25.4 Å². The van der Waals surface area contributed by atoms with Crippen LogP contribution in [0.15, 0.2) is 47.4 Å². The van der Waals surface area contributed by atoms with Crippen molar-refractivity contribution in [2.45, 2.75) is 0 Å². The summed E-state index contributed by atoms with van der Waals surface area (Å²) in [4.78, 5) is 35.5. The number of hydrogen-bond acceptors (Lipinski definition) is 5. The zero-order chi connectivity index (χ0) is 19.7. The average molecular weight is 388 g/mol. The first-order chi connectivity index (χ1) is 12.8. The van der Waals surface area contributed by atoms with Crippen LogP contribution >= 0.6 is 11.6 Å². The Hall–Kier alpha value is -3.39. The lowest BCUT2D eigenvalue weighted by molar-refractivity contribution is -0.384. The Bertz CT molecular complexity index is 1140. The molecule has 0 saturated heterocycles. The second kappa shape index (κ2) is 7.08. The molecule has 0 bridgehead atoms. The number of pyridine rings is 1. The third-order valence-electron chi connectivity index (χ3n) is 4.05. The Morgan fingerprint density at radius 3 is 2.63 bits per heavy atom. The van der Waals surface area contributed by atoms with Crippen LogP contribution in [0.4, 0.5) is 11.4 Å². The van der Waals surface area contributed by atoms with Crippen molar-refractivity contribution in [3.63, 3.8) is 0 Å². The van der Waals surface area contributed by atoms with Gasteiger partial charge in [-0.2, -0.15) is 0 Å². The first-order valence-electron chi connectivity index (χ1n) is 7.74. The minimum absolute atomic E-state index is 0.00293. The molecule has 1 heterocycles. The minimum atomic E-state index is -0.670. The highest BCUT2D eigenvalue weighted by Crippen LogP contribution is 2.27. The Labute approximate surface area is 158 Å². The zero-order valence-corrected chi connectivity index (χ0v) is 15.1. The number of anilines is 1. The summed E-state index contributed by atoms with van der Waals surface area (Å²) >= 11 is 5.99. The molecule has 0 spiro atoms. The number of non-ortho nitro benzene ring substituents is 1. The number of carbonyl (C=O) groups is 1. The maximum atomic E-state index is 12.8. The summed E-state index contributed by atoms with van der Waals surface area (Å²) in [6, 6.07) is 8.66. The largest absolute Gasteiger partial charge is 0.497 e. The van der Waals surface area contributed by atoms with Crippen LogP contribution in [0.1, 0.15) is 10.4 Å². The van der Waals surface area contributed by atoms with E-state index in [0.29, 0.717) is 16.7 Å². The molecule has 9 heteroatoms. The summed E-state index contributed by atoms with van der Waals surface area (Å²) in [7, 11) is 3.20. The van der Waals surface area contributed by atoms with Gasteiger partial charge in [-0.3, -0.25) is 19.7 Å². The summed E-state index contributed by atoms with van der Waals surface area (Å²) < 4.78 is 6.79. The van der Waals surface area contributed by atoms with E-state index >= 15 is 0 Å². The second-order valence-corrected chi connectivity index (χ2v) is 6.15. The summed E-state index contributed by atoms with van der Waals surface area (Å²) in [5, 5.41) is 13.6. The molecular weight excluding hydrogens is 374 g/mol. The maximum absolute atomic E-state index is 12.8. The van der Waals surface area contributed by atoms with Gasteiger partial charge in [0.25, 0.3) is 11.6 Å². The van der Waals surface area contributed by atoms with E-state index in [2.05, 4.69) is 5.32 Å². The molecule has 0 atom stereocenters. The standard InChI is InChI=1S/C18H14ClN3O5/c1-21-9-13(17(23)12-8-11(27-2)4-6-16(12)21)18(24)20-15-5-3-10(22(25)26)7-14(15)19/h3-9H,1-2H3,(H,20,24). The number of halogens is 1. The van der Waals surface area contributed by atoms with E-state index in [4.69, 9.17) is 16.3 Å². The fourth-order valence-corrected chi connectivity index (χ4v) is 2.89. The average Bonchev–Trinajstić information content (AvgIpc) is 2.65. The van der Waals surface area contributed by atoms with Crippen molar-refractivity contribution < 1.29 is 14.5 Å². The number of ether oxygens (including phenoxy) is 1. The highest BCUT2D eigenvalue weighted by atomic mass is 35.5. The summed E-state index contributed by atoms with van der Waals surface area (Å²) in [6.07, 6.45) is 1.42. The molecule has 8 nitrogen and oxygen atoms in total. The molecule has 0 aliphatic rings. The van der Waals surface area contributed by atoms with Crippen molar-refractivity contribution in [1.82, 2.24) is 4.57 Å². The Morgan fingerprint density at radius 2 is 2.00 bits per heavy atom. The molecule has 0 unspecified atom stereocenters. The molecule has 1 amide bonds. The normalized spacial score (nSPS) is 10.6. The Kier molecular flexibility index (Phi) is 4.83.